The van der Waals surface area contributed by atoms with Crippen LogP contribution in [0.4, 0.5) is 0 Å². The van der Waals surface area contributed by atoms with Gasteiger partial charge in [0.15, 0.2) is 5.16 Å². The minimum atomic E-state index is 0.0431. The molecular weight excluding hydrogens is 344 g/mol. The van der Waals surface area contributed by atoms with Crippen molar-refractivity contribution in [2.75, 3.05) is 12.3 Å². The van der Waals surface area contributed by atoms with Gasteiger partial charge in [0.25, 0.3) is 0 Å². The Morgan fingerprint density at radius 1 is 1.31 bits per heavy atom. The highest BCUT2D eigenvalue weighted by Gasteiger charge is 2.12. The molecule has 0 atom stereocenters. The van der Waals surface area contributed by atoms with E-state index in [2.05, 4.69) is 53.6 Å². The Bertz CT molecular complexity index is 797. The van der Waals surface area contributed by atoms with Crippen LogP contribution in [0.5, 0.6) is 0 Å². The number of amides is 1. The Balaban J connectivity index is 1.51. The van der Waals surface area contributed by atoms with Crippen LogP contribution in [0.25, 0.3) is 5.69 Å². The summed E-state index contributed by atoms with van der Waals surface area (Å²) in [5.74, 6) is 0.393. The van der Waals surface area contributed by atoms with E-state index in [0.29, 0.717) is 5.75 Å². The minimum Gasteiger partial charge on any atom is -0.355 e. The van der Waals surface area contributed by atoms with Crippen molar-refractivity contribution in [1.29, 1.82) is 0 Å². The molecule has 2 aromatic rings. The van der Waals surface area contributed by atoms with E-state index in [1.165, 1.54) is 48.6 Å². The van der Waals surface area contributed by atoms with Crippen molar-refractivity contribution in [1.82, 2.24) is 20.1 Å². The highest BCUT2D eigenvalue weighted by molar-refractivity contribution is 7.99. The van der Waals surface area contributed by atoms with Crippen LogP contribution in [-0.4, -0.2) is 33.0 Å². The first-order valence-corrected chi connectivity index (χ1v) is 10.2. The van der Waals surface area contributed by atoms with Gasteiger partial charge in [0.2, 0.25) is 5.91 Å². The summed E-state index contributed by atoms with van der Waals surface area (Å²) in [5, 5.41) is 11.9. The normalized spacial score (nSPS) is 14.2. The smallest absolute Gasteiger partial charge is 0.230 e. The summed E-state index contributed by atoms with van der Waals surface area (Å²) in [6.07, 6.45) is 9.95. The Kier molecular flexibility index (Phi) is 6.50. The Morgan fingerprint density at radius 3 is 2.96 bits per heavy atom. The van der Waals surface area contributed by atoms with Crippen molar-refractivity contribution >= 4 is 17.7 Å². The molecule has 1 aliphatic rings. The fraction of sp³-hybridized carbons (Fsp3) is 0.450. The number of rotatable bonds is 7. The average Bonchev–Trinajstić information content (AvgIpc) is 3.09. The summed E-state index contributed by atoms with van der Waals surface area (Å²) in [4.78, 5) is 12.1. The van der Waals surface area contributed by atoms with E-state index in [4.69, 9.17) is 0 Å². The number of aryl methyl sites for hydroxylation is 2. The first-order chi connectivity index (χ1) is 12.6. The number of allylic oxidation sites excluding steroid dienone is 1. The van der Waals surface area contributed by atoms with Gasteiger partial charge in [-0.3, -0.25) is 9.36 Å². The highest BCUT2D eigenvalue weighted by atomic mass is 32.2. The predicted molar refractivity (Wildman–Crippen MR) is 106 cm³/mol. The molecule has 1 N–H and O–H groups in total. The number of carbonyl (C=O) groups is 1. The lowest BCUT2D eigenvalue weighted by Gasteiger charge is -2.13. The van der Waals surface area contributed by atoms with Crippen molar-refractivity contribution in [2.45, 2.75) is 51.1 Å². The molecule has 0 unspecified atom stereocenters. The van der Waals surface area contributed by atoms with E-state index < -0.39 is 0 Å². The standard InChI is InChI=1S/C20H26N4OS/c1-15-8-9-18(16(2)12-15)24-14-22-23-20(24)26-13-19(25)21-11-10-17-6-4-3-5-7-17/h6,8-9,12,14H,3-5,7,10-11,13H2,1-2H3,(H,21,25). The Labute approximate surface area is 159 Å². The van der Waals surface area contributed by atoms with Crippen LogP contribution in [0.3, 0.4) is 0 Å². The summed E-state index contributed by atoms with van der Waals surface area (Å²) in [6, 6.07) is 6.27. The van der Waals surface area contributed by atoms with Gasteiger partial charge in [-0.15, -0.1) is 10.2 Å². The molecule has 5 nitrogen and oxygen atoms in total. The van der Waals surface area contributed by atoms with Gasteiger partial charge in [-0.2, -0.15) is 0 Å². The maximum Gasteiger partial charge on any atom is 0.230 e. The molecule has 1 heterocycles. The molecule has 0 spiro atoms. The lowest BCUT2D eigenvalue weighted by atomic mass is 9.97. The third-order valence-corrected chi connectivity index (χ3v) is 5.56. The topological polar surface area (TPSA) is 59.8 Å². The fourth-order valence-corrected chi connectivity index (χ4v) is 3.99. The number of nitrogens with zero attached hydrogens (tertiary/aromatic N) is 3. The molecule has 138 valence electrons. The van der Waals surface area contributed by atoms with Crippen molar-refractivity contribution in [3.8, 4) is 5.69 Å². The highest BCUT2D eigenvalue weighted by Crippen LogP contribution is 2.23. The zero-order valence-corrected chi connectivity index (χ0v) is 16.3. The van der Waals surface area contributed by atoms with E-state index >= 15 is 0 Å². The molecule has 3 rings (SSSR count). The van der Waals surface area contributed by atoms with Gasteiger partial charge in [0, 0.05) is 6.54 Å². The van der Waals surface area contributed by atoms with Crippen molar-refractivity contribution in [2.24, 2.45) is 0 Å². The van der Waals surface area contributed by atoms with Gasteiger partial charge in [0.1, 0.15) is 6.33 Å². The van der Waals surface area contributed by atoms with E-state index in [9.17, 15) is 4.79 Å². The maximum atomic E-state index is 12.1. The Morgan fingerprint density at radius 2 is 2.19 bits per heavy atom. The lowest BCUT2D eigenvalue weighted by Crippen LogP contribution is -2.26. The largest absolute Gasteiger partial charge is 0.355 e. The van der Waals surface area contributed by atoms with Gasteiger partial charge in [-0.05, 0) is 57.6 Å². The second-order valence-corrected chi connectivity index (χ2v) is 7.71. The van der Waals surface area contributed by atoms with Gasteiger partial charge in [-0.1, -0.05) is 41.1 Å². The van der Waals surface area contributed by atoms with Crippen LogP contribution < -0.4 is 5.32 Å². The Hall–Kier alpha value is -2.08. The summed E-state index contributed by atoms with van der Waals surface area (Å²) < 4.78 is 1.94. The number of carbonyl (C=O) groups excluding carboxylic acids is 1. The summed E-state index contributed by atoms with van der Waals surface area (Å²) >= 11 is 1.42. The molecule has 1 aliphatic carbocycles. The first kappa shape index (κ1) is 18.7. The summed E-state index contributed by atoms with van der Waals surface area (Å²) in [5.41, 5.74) is 4.92. The molecule has 6 heteroatoms. The predicted octanol–water partition coefficient (Wildman–Crippen LogP) is 3.98. The van der Waals surface area contributed by atoms with Gasteiger partial charge in [0.05, 0.1) is 11.4 Å². The maximum absolute atomic E-state index is 12.1. The van der Waals surface area contributed by atoms with Crippen LogP contribution in [0.15, 0.2) is 41.3 Å². The molecule has 0 bridgehead atoms. The molecule has 0 saturated carbocycles. The van der Waals surface area contributed by atoms with E-state index in [1.54, 1.807) is 6.33 Å². The van der Waals surface area contributed by atoms with Crippen LogP contribution in [0.1, 0.15) is 43.2 Å². The average molecular weight is 371 g/mol. The number of hydrogen-bond acceptors (Lipinski definition) is 4. The zero-order valence-electron chi connectivity index (χ0n) is 15.5. The molecule has 26 heavy (non-hydrogen) atoms. The summed E-state index contributed by atoms with van der Waals surface area (Å²) in [6.45, 7) is 4.87. The number of hydrogen-bond donors (Lipinski definition) is 1. The second-order valence-electron chi connectivity index (χ2n) is 6.77. The van der Waals surface area contributed by atoms with Crippen molar-refractivity contribution in [3.63, 3.8) is 0 Å². The third kappa shape index (κ3) is 4.97. The number of thioether (sulfide) groups is 1. The number of benzene rings is 1. The van der Waals surface area contributed by atoms with Gasteiger partial charge in [-0.25, -0.2) is 0 Å². The molecule has 0 radical (unpaired) electrons. The molecular formula is C20H26N4OS. The van der Waals surface area contributed by atoms with Gasteiger partial charge >= 0.3 is 0 Å². The van der Waals surface area contributed by atoms with Crippen LogP contribution in [0.2, 0.25) is 0 Å². The summed E-state index contributed by atoms with van der Waals surface area (Å²) in [7, 11) is 0. The number of nitrogens with one attached hydrogen (secondary N) is 1. The van der Waals surface area contributed by atoms with Gasteiger partial charge < -0.3 is 5.32 Å². The molecule has 1 aromatic carbocycles. The third-order valence-electron chi connectivity index (χ3n) is 4.61. The molecule has 1 aromatic heterocycles. The van der Waals surface area contributed by atoms with Crippen LogP contribution in [-0.2, 0) is 4.79 Å². The van der Waals surface area contributed by atoms with Crippen LogP contribution >= 0.6 is 11.8 Å². The minimum absolute atomic E-state index is 0.0431. The molecule has 0 saturated heterocycles. The first-order valence-electron chi connectivity index (χ1n) is 9.18. The van der Waals surface area contributed by atoms with Crippen molar-refractivity contribution in [3.05, 3.63) is 47.3 Å². The molecule has 1 amide bonds. The number of aromatic nitrogens is 3. The van der Waals surface area contributed by atoms with E-state index in [1.807, 2.05) is 4.57 Å². The zero-order chi connectivity index (χ0) is 18.4. The van der Waals surface area contributed by atoms with Crippen molar-refractivity contribution < 1.29 is 4.79 Å². The second kappa shape index (κ2) is 9.03. The lowest BCUT2D eigenvalue weighted by molar-refractivity contribution is -0.118. The SMILES string of the molecule is Cc1ccc(-n2cnnc2SCC(=O)NCCC2=CCCCC2)c(C)c1. The monoisotopic (exact) mass is 370 g/mol. The van der Waals surface area contributed by atoms with E-state index in [-0.39, 0.29) is 5.91 Å². The van der Waals surface area contributed by atoms with E-state index in [0.717, 1.165) is 29.4 Å². The molecule has 0 aliphatic heterocycles. The van der Waals surface area contributed by atoms with Crippen LogP contribution in [0, 0.1) is 13.8 Å². The fourth-order valence-electron chi connectivity index (χ4n) is 3.24. The molecule has 0 fully saturated rings. The quantitative estimate of drug-likeness (QED) is 0.591.